The van der Waals surface area contributed by atoms with Crippen molar-refractivity contribution >= 4 is 52.4 Å². The van der Waals surface area contributed by atoms with Crippen LogP contribution in [0.4, 0.5) is 16.2 Å². The van der Waals surface area contributed by atoms with Crippen LogP contribution in [0.1, 0.15) is 25.7 Å². The average Bonchev–Trinajstić information content (AvgIpc) is 3.25. The molecule has 1 atom stereocenters. The molecule has 0 aromatic carbocycles. The largest absolute Gasteiger partial charge is 0.368 e. The predicted octanol–water partition coefficient (Wildman–Crippen LogP) is 3.19. The van der Waals surface area contributed by atoms with Gasteiger partial charge in [0.05, 0.1) is 28.0 Å². The highest BCUT2D eigenvalue weighted by Crippen LogP contribution is 2.38. The molecule has 0 bridgehead atoms. The molecular formula is C17H24Cl2N6O. The topological polar surface area (TPSA) is 90.3 Å². The molecule has 142 valence electrons. The third kappa shape index (κ3) is 3.56. The number of pyridine rings is 1. The van der Waals surface area contributed by atoms with Gasteiger partial charge in [-0.05, 0) is 25.7 Å². The Morgan fingerprint density at radius 1 is 1.31 bits per heavy atom. The van der Waals surface area contributed by atoms with Crippen LogP contribution in [0, 0.1) is 0 Å². The number of hydrogen-bond donors (Lipinski definition) is 3. The minimum atomic E-state index is -0.0697. The number of piperidine rings is 1. The Hall–Kier alpha value is -1.70. The van der Waals surface area contributed by atoms with Gasteiger partial charge in [-0.3, -0.25) is 0 Å². The Morgan fingerprint density at radius 3 is 2.81 bits per heavy atom. The van der Waals surface area contributed by atoms with E-state index in [0.29, 0.717) is 5.02 Å². The van der Waals surface area contributed by atoms with E-state index in [2.05, 4.69) is 20.2 Å². The van der Waals surface area contributed by atoms with Gasteiger partial charge in [0.25, 0.3) is 0 Å². The molecule has 2 fully saturated rings. The molecule has 2 aliphatic heterocycles. The Morgan fingerprint density at radius 2 is 2.08 bits per heavy atom. The van der Waals surface area contributed by atoms with Crippen molar-refractivity contribution in [3.8, 4) is 0 Å². The van der Waals surface area contributed by atoms with Gasteiger partial charge in [-0.1, -0.05) is 11.6 Å². The summed E-state index contributed by atoms with van der Waals surface area (Å²) in [4.78, 5) is 24.1. The van der Waals surface area contributed by atoms with Gasteiger partial charge in [-0.15, -0.1) is 12.4 Å². The van der Waals surface area contributed by atoms with E-state index in [4.69, 9.17) is 17.3 Å². The summed E-state index contributed by atoms with van der Waals surface area (Å²) in [6, 6.07) is 0.0642. The molecule has 0 radical (unpaired) electrons. The summed E-state index contributed by atoms with van der Waals surface area (Å²) < 4.78 is 0. The summed E-state index contributed by atoms with van der Waals surface area (Å²) >= 11 is 6.49. The third-order valence-electron chi connectivity index (χ3n) is 5.04. The number of nitrogens with two attached hydrogens (primary N) is 1. The molecule has 4 rings (SSSR count). The number of nitrogens with zero attached hydrogens (tertiary/aromatic N) is 3. The van der Waals surface area contributed by atoms with E-state index in [-0.39, 0.29) is 24.5 Å². The molecule has 7 nitrogen and oxygen atoms in total. The highest BCUT2D eigenvalue weighted by atomic mass is 35.5. The molecule has 2 amide bonds. The van der Waals surface area contributed by atoms with Crippen LogP contribution in [-0.2, 0) is 0 Å². The molecule has 0 spiro atoms. The van der Waals surface area contributed by atoms with Gasteiger partial charge in [0.15, 0.2) is 0 Å². The molecule has 2 saturated heterocycles. The summed E-state index contributed by atoms with van der Waals surface area (Å²) in [6.45, 7) is 3.27. The van der Waals surface area contributed by atoms with Gasteiger partial charge in [0.1, 0.15) is 5.65 Å². The first-order chi connectivity index (χ1) is 12.1. The normalized spacial score (nSPS) is 20.3. The fourth-order valence-corrected chi connectivity index (χ4v) is 4.05. The molecule has 4 heterocycles. The van der Waals surface area contributed by atoms with E-state index in [1.54, 1.807) is 12.4 Å². The van der Waals surface area contributed by atoms with Gasteiger partial charge in [-0.25, -0.2) is 9.78 Å². The molecule has 0 saturated carbocycles. The Kier molecular flexibility index (Phi) is 5.79. The summed E-state index contributed by atoms with van der Waals surface area (Å²) in [6.07, 6.45) is 7.61. The number of halogens is 2. The number of carbonyl (C=O) groups excluding carboxylic acids is 1. The number of rotatable bonds is 2. The number of fused-ring (bicyclic) bond motifs is 1. The van der Waals surface area contributed by atoms with Crippen LogP contribution in [0.25, 0.3) is 11.0 Å². The van der Waals surface area contributed by atoms with Crippen LogP contribution in [0.15, 0.2) is 12.4 Å². The zero-order valence-electron chi connectivity index (χ0n) is 14.5. The zero-order valence-corrected chi connectivity index (χ0v) is 16.1. The van der Waals surface area contributed by atoms with Crippen molar-refractivity contribution in [3.63, 3.8) is 0 Å². The average molecular weight is 399 g/mol. The molecule has 2 aliphatic rings. The Bertz CT molecular complexity index is 789. The van der Waals surface area contributed by atoms with Crippen molar-refractivity contribution in [1.29, 1.82) is 0 Å². The predicted molar refractivity (Wildman–Crippen MR) is 108 cm³/mol. The number of aromatic amines is 1. The van der Waals surface area contributed by atoms with Crippen LogP contribution in [0.2, 0.25) is 5.02 Å². The van der Waals surface area contributed by atoms with E-state index in [9.17, 15) is 4.79 Å². The molecule has 0 unspecified atom stereocenters. The minimum Gasteiger partial charge on any atom is -0.368 e. The van der Waals surface area contributed by atoms with Crippen LogP contribution in [0.3, 0.4) is 0 Å². The van der Waals surface area contributed by atoms with E-state index in [1.807, 2.05) is 4.90 Å². The Labute approximate surface area is 163 Å². The van der Waals surface area contributed by atoms with E-state index >= 15 is 0 Å². The van der Waals surface area contributed by atoms with E-state index in [1.165, 1.54) is 0 Å². The molecular weight excluding hydrogens is 375 g/mol. The second-order valence-electron chi connectivity index (χ2n) is 6.85. The lowest BCUT2D eigenvalue weighted by molar-refractivity contribution is 0.222. The van der Waals surface area contributed by atoms with Gasteiger partial charge in [-0.2, -0.15) is 0 Å². The fraction of sp³-hybridized carbons (Fsp3) is 0.529. The number of nitrogens with one attached hydrogen (secondary N) is 2. The van der Waals surface area contributed by atoms with Crippen molar-refractivity contribution in [2.45, 2.75) is 31.7 Å². The number of anilines is 2. The summed E-state index contributed by atoms with van der Waals surface area (Å²) in [5.41, 5.74) is 8.49. The van der Waals surface area contributed by atoms with Gasteiger partial charge < -0.3 is 25.8 Å². The smallest absolute Gasteiger partial charge is 0.321 e. The van der Waals surface area contributed by atoms with Crippen molar-refractivity contribution in [3.05, 3.63) is 17.4 Å². The van der Waals surface area contributed by atoms with Crippen LogP contribution < -0.4 is 16.0 Å². The Balaban J connectivity index is 0.00000196. The quantitative estimate of drug-likeness (QED) is 0.724. The van der Waals surface area contributed by atoms with Crippen molar-refractivity contribution < 1.29 is 4.79 Å². The molecule has 26 heavy (non-hydrogen) atoms. The van der Waals surface area contributed by atoms with Crippen molar-refractivity contribution in [2.75, 3.05) is 36.4 Å². The number of H-pyrrole nitrogens is 1. The molecule has 4 N–H and O–H groups in total. The number of amides is 2. The molecule has 2 aromatic heterocycles. The number of likely N-dealkylation sites (tertiary alicyclic amines) is 1. The zero-order chi connectivity index (χ0) is 17.4. The highest BCUT2D eigenvalue weighted by Gasteiger charge is 2.25. The monoisotopic (exact) mass is 398 g/mol. The maximum Gasteiger partial charge on any atom is 0.321 e. The third-order valence-corrected chi connectivity index (χ3v) is 5.31. The SMILES string of the molecule is Cl.N[C@@H]1CCCN(c2c(Cl)cnc3[nH]cc(NC(=O)N4CCCC4)c23)C1. The minimum absolute atomic E-state index is 0. The lowest BCUT2D eigenvalue weighted by Gasteiger charge is -2.33. The van der Waals surface area contributed by atoms with E-state index in [0.717, 1.165) is 74.3 Å². The van der Waals surface area contributed by atoms with Gasteiger partial charge >= 0.3 is 6.03 Å². The standard InChI is InChI=1S/C17H23ClN6O.ClH/c18-12-8-20-16-14(15(12)24-7-3-4-11(19)10-24)13(9-21-16)22-17(25)23-5-1-2-6-23;/h8-9,11H,1-7,10,19H2,(H,20,21)(H,22,25);1H/t11-;/m1./s1. The first kappa shape index (κ1) is 19.1. The number of urea groups is 1. The molecule has 9 heteroatoms. The fourth-order valence-electron chi connectivity index (χ4n) is 3.79. The number of aromatic nitrogens is 2. The van der Waals surface area contributed by atoms with Gasteiger partial charge in [0, 0.05) is 38.4 Å². The van der Waals surface area contributed by atoms with Gasteiger partial charge in [0.2, 0.25) is 0 Å². The second kappa shape index (κ2) is 7.90. The van der Waals surface area contributed by atoms with E-state index < -0.39 is 0 Å². The summed E-state index contributed by atoms with van der Waals surface area (Å²) in [5.74, 6) is 0. The number of carbonyl (C=O) groups is 1. The molecule has 2 aromatic rings. The maximum absolute atomic E-state index is 12.5. The van der Waals surface area contributed by atoms with Crippen molar-refractivity contribution in [2.24, 2.45) is 5.73 Å². The number of hydrogen-bond acceptors (Lipinski definition) is 4. The van der Waals surface area contributed by atoms with Crippen LogP contribution in [0.5, 0.6) is 0 Å². The highest BCUT2D eigenvalue weighted by molar-refractivity contribution is 6.35. The molecule has 0 aliphatic carbocycles. The second-order valence-corrected chi connectivity index (χ2v) is 7.26. The first-order valence-corrected chi connectivity index (χ1v) is 9.23. The lowest BCUT2D eigenvalue weighted by Crippen LogP contribution is -2.43. The summed E-state index contributed by atoms with van der Waals surface area (Å²) in [7, 11) is 0. The van der Waals surface area contributed by atoms with Crippen LogP contribution >= 0.6 is 24.0 Å². The van der Waals surface area contributed by atoms with Crippen molar-refractivity contribution in [1.82, 2.24) is 14.9 Å². The lowest BCUT2D eigenvalue weighted by atomic mass is 10.1. The first-order valence-electron chi connectivity index (χ1n) is 8.85. The summed E-state index contributed by atoms with van der Waals surface area (Å²) in [5, 5.41) is 4.46. The maximum atomic E-state index is 12.5. The van der Waals surface area contributed by atoms with Crippen LogP contribution in [-0.4, -0.2) is 53.1 Å².